The molecular formula is C39H51F2N7O9S. The second-order valence-electron chi connectivity index (χ2n) is 14.5. The van der Waals surface area contributed by atoms with Crippen molar-refractivity contribution in [2.75, 3.05) is 38.5 Å². The van der Waals surface area contributed by atoms with Gasteiger partial charge in [-0.3, -0.25) is 28.8 Å². The molecule has 0 saturated heterocycles. The summed E-state index contributed by atoms with van der Waals surface area (Å²) in [7, 11) is 0. The number of benzene rings is 2. The largest absolute Gasteiger partial charge is 0.481 e. The first-order valence-electron chi connectivity index (χ1n) is 18.3. The summed E-state index contributed by atoms with van der Waals surface area (Å²) < 4.78 is 31.2. The molecular weight excluding hydrogens is 781 g/mol. The molecule has 3 aromatic rings. The highest BCUT2D eigenvalue weighted by atomic mass is 32.2. The maximum absolute atomic E-state index is 15.0. The average Bonchev–Trinajstić information content (AvgIpc) is 3.57. The number of carboxylic acids is 2. The van der Waals surface area contributed by atoms with Gasteiger partial charge in [-0.05, 0) is 41.7 Å². The number of nitrogens with zero attached hydrogens (tertiary/aromatic N) is 2. The van der Waals surface area contributed by atoms with Crippen LogP contribution < -0.4 is 27.4 Å². The fourth-order valence-corrected chi connectivity index (χ4v) is 7.13. The fourth-order valence-electron chi connectivity index (χ4n) is 6.05. The first-order chi connectivity index (χ1) is 27.3. The molecule has 0 aliphatic heterocycles. The molecule has 0 radical (unpaired) electrons. The Morgan fingerprint density at radius 1 is 0.897 bits per heavy atom. The zero-order valence-corrected chi connectivity index (χ0v) is 33.3. The quantitative estimate of drug-likeness (QED) is 0.0670. The Kier molecular flexibility index (Phi) is 17.8. The van der Waals surface area contributed by atoms with Crippen LogP contribution in [0.15, 0.2) is 60.8 Å². The summed E-state index contributed by atoms with van der Waals surface area (Å²) in [6, 6.07) is 11.0. The summed E-state index contributed by atoms with van der Waals surface area (Å²) in [6.07, 6.45) is 1.02. The molecule has 4 amide bonds. The number of nitrogens with one attached hydrogen (secondary N) is 3. The van der Waals surface area contributed by atoms with Crippen molar-refractivity contribution in [2.45, 2.75) is 63.5 Å². The van der Waals surface area contributed by atoms with Crippen LogP contribution in [0.25, 0.3) is 11.1 Å². The Bertz CT molecular complexity index is 1910. The minimum absolute atomic E-state index is 0.0273. The van der Waals surface area contributed by atoms with Gasteiger partial charge in [-0.1, -0.05) is 51.1 Å². The van der Waals surface area contributed by atoms with Crippen LogP contribution >= 0.6 is 11.8 Å². The molecule has 1 unspecified atom stereocenters. The van der Waals surface area contributed by atoms with E-state index in [0.717, 1.165) is 35.5 Å². The van der Waals surface area contributed by atoms with Crippen LogP contribution in [0.4, 0.5) is 8.78 Å². The van der Waals surface area contributed by atoms with E-state index in [-0.39, 0.29) is 37.4 Å². The molecule has 0 aliphatic rings. The number of aromatic nitrogens is 1. The molecule has 58 heavy (non-hydrogen) atoms. The Morgan fingerprint density at radius 2 is 1.57 bits per heavy atom. The number of nitrogens with two attached hydrogens (primary N) is 2. The number of hydrogen-bond donors (Lipinski definition) is 8. The van der Waals surface area contributed by atoms with Crippen LogP contribution in [0.2, 0.25) is 0 Å². The highest BCUT2D eigenvalue weighted by molar-refractivity contribution is 8.00. The van der Waals surface area contributed by atoms with Gasteiger partial charge in [-0.2, -0.15) is 0 Å². The molecule has 4 atom stereocenters. The van der Waals surface area contributed by atoms with E-state index in [2.05, 4.69) is 16.0 Å². The lowest BCUT2D eigenvalue weighted by Gasteiger charge is -2.41. The van der Waals surface area contributed by atoms with E-state index in [9.17, 15) is 38.3 Å². The molecule has 1 aromatic heterocycles. The van der Waals surface area contributed by atoms with Crippen molar-refractivity contribution in [1.29, 1.82) is 0 Å². The van der Waals surface area contributed by atoms with Gasteiger partial charge >= 0.3 is 11.9 Å². The van der Waals surface area contributed by atoms with Gasteiger partial charge in [0.15, 0.2) is 0 Å². The lowest BCUT2D eigenvalue weighted by molar-refractivity contribution is -0.140. The number of aliphatic carboxylic acids is 2. The number of amides is 4. The summed E-state index contributed by atoms with van der Waals surface area (Å²) in [5.41, 5.74) is 12.8. The highest BCUT2D eigenvalue weighted by Crippen LogP contribution is 2.41. The Hall–Kier alpha value is -5.37. The molecule has 19 heteroatoms. The molecule has 0 fully saturated rings. The predicted molar refractivity (Wildman–Crippen MR) is 212 cm³/mol. The van der Waals surface area contributed by atoms with Crippen LogP contribution in [0.1, 0.15) is 50.9 Å². The molecule has 0 spiro atoms. The molecule has 316 valence electrons. The number of hydrogen-bond acceptors (Lipinski definition) is 10. The van der Waals surface area contributed by atoms with Crippen LogP contribution in [-0.4, -0.2) is 116 Å². The summed E-state index contributed by atoms with van der Waals surface area (Å²) in [5, 5.41) is 34.3. The van der Waals surface area contributed by atoms with Crippen molar-refractivity contribution in [3.63, 3.8) is 0 Å². The van der Waals surface area contributed by atoms with Crippen molar-refractivity contribution in [3.05, 3.63) is 83.7 Å². The van der Waals surface area contributed by atoms with Gasteiger partial charge in [0.05, 0.1) is 30.3 Å². The number of aliphatic hydroxyl groups is 1. The van der Waals surface area contributed by atoms with Crippen molar-refractivity contribution in [1.82, 2.24) is 25.4 Å². The van der Waals surface area contributed by atoms with E-state index in [1.165, 1.54) is 4.90 Å². The van der Waals surface area contributed by atoms with E-state index in [1.54, 1.807) is 12.3 Å². The third kappa shape index (κ3) is 14.2. The fraction of sp³-hybridized carbons (Fsp3) is 0.436. The molecule has 0 aliphatic carbocycles. The molecule has 1 heterocycles. The number of rotatable bonds is 22. The van der Waals surface area contributed by atoms with Gasteiger partial charge in [-0.25, -0.2) is 8.78 Å². The number of halogens is 2. The molecule has 10 N–H and O–H groups in total. The third-order valence-electron chi connectivity index (χ3n) is 8.87. The minimum Gasteiger partial charge on any atom is -0.481 e. The van der Waals surface area contributed by atoms with E-state index in [0.29, 0.717) is 17.8 Å². The zero-order chi connectivity index (χ0) is 43.2. The van der Waals surface area contributed by atoms with Gasteiger partial charge in [-0.15, -0.1) is 11.8 Å². The Balaban J connectivity index is 1.67. The topological polar surface area (TPSA) is 259 Å². The SMILES string of the molecule is CC(C)(C)[C@H](c1cc(-c2cc(F)ccc2F)cn1Cc1ccccc1)N(CC[C@H](N)C(=O)NCCNC(=O)CNC(=O)C(CC(=O)O)SC[C@@H](N)C(=O)O)C(=O)CO. The minimum atomic E-state index is -1.32. The van der Waals surface area contributed by atoms with Crippen LogP contribution in [0, 0.1) is 17.0 Å². The maximum Gasteiger partial charge on any atom is 0.321 e. The van der Waals surface area contributed by atoms with Crippen molar-refractivity contribution in [2.24, 2.45) is 16.9 Å². The van der Waals surface area contributed by atoms with E-state index >= 15 is 4.39 Å². The Morgan fingerprint density at radius 3 is 2.19 bits per heavy atom. The third-order valence-corrected chi connectivity index (χ3v) is 10.2. The normalized spacial score (nSPS) is 13.4. The zero-order valence-electron chi connectivity index (χ0n) is 32.5. The number of thioether (sulfide) groups is 1. The van der Waals surface area contributed by atoms with Crippen molar-refractivity contribution in [3.8, 4) is 11.1 Å². The summed E-state index contributed by atoms with van der Waals surface area (Å²) in [4.78, 5) is 74.7. The summed E-state index contributed by atoms with van der Waals surface area (Å²) in [6.45, 7) is 4.40. The average molecular weight is 832 g/mol. The number of carboxylic acid groups (broad SMARTS) is 2. The number of aliphatic hydroxyl groups excluding tert-OH is 1. The monoisotopic (exact) mass is 831 g/mol. The lowest BCUT2D eigenvalue weighted by Crippen LogP contribution is -2.48. The molecule has 2 aromatic carbocycles. The predicted octanol–water partition coefficient (Wildman–Crippen LogP) is 1.44. The van der Waals surface area contributed by atoms with Gasteiger partial charge in [0.25, 0.3) is 0 Å². The second kappa shape index (κ2) is 22.0. The van der Waals surface area contributed by atoms with Gasteiger partial charge < -0.3 is 52.2 Å². The molecule has 3 rings (SSSR count). The summed E-state index contributed by atoms with van der Waals surface area (Å²) in [5.74, 6) is -6.82. The van der Waals surface area contributed by atoms with E-state index in [1.807, 2.05) is 55.7 Å². The van der Waals surface area contributed by atoms with Crippen LogP contribution in [-0.2, 0) is 35.3 Å². The first-order valence-corrected chi connectivity index (χ1v) is 19.4. The number of carbonyl (C=O) groups is 6. The standard InChI is InChI=1S/C39H51F2N7O9S/c1-39(2,3)35(30-15-24(26-16-25(40)9-10-27(26)41)20-47(30)19-23-7-5-4-6-8-23)48(33(51)21-49)14-11-28(42)36(54)45-13-12-44-32(50)18-46-37(55)31(17-34(52)53)58-22-29(43)38(56)57/h4-10,15-16,20,28-29,31,35,49H,11-14,17-19,21-22,42-43H2,1-3H3,(H,44,50)(H,45,54)(H,46,55)(H,52,53)(H,56,57)/t28-,29+,31?,35-/m0/s1. The summed E-state index contributed by atoms with van der Waals surface area (Å²) >= 11 is 0.736. The van der Waals surface area contributed by atoms with Crippen molar-refractivity contribution >= 4 is 47.3 Å². The van der Waals surface area contributed by atoms with Gasteiger partial charge in [0.2, 0.25) is 23.6 Å². The molecule has 0 bridgehead atoms. The highest BCUT2D eigenvalue weighted by Gasteiger charge is 2.37. The van der Waals surface area contributed by atoms with Crippen LogP contribution in [0.3, 0.4) is 0 Å². The first kappa shape index (κ1) is 47.0. The second-order valence-corrected chi connectivity index (χ2v) is 15.8. The Labute approximate surface area is 338 Å². The van der Waals surface area contributed by atoms with E-state index in [4.69, 9.17) is 21.7 Å². The maximum atomic E-state index is 15.0. The molecule has 0 saturated carbocycles. The number of carbonyl (C=O) groups excluding carboxylic acids is 4. The van der Waals surface area contributed by atoms with Crippen molar-refractivity contribution < 1.29 is 52.9 Å². The van der Waals surface area contributed by atoms with Gasteiger partial charge in [0, 0.05) is 54.9 Å². The molecule has 16 nitrogen and oxygen atoms in total. The van der Waals surface area contributed by atoms with Gasteiger partial charge in [0.1, 0.15) is 24.3 Å². The van der Waals surface area contributed by atoms with E-state index < -0.39 is 95.6 Å². The smallest absolute Gasteiger partial charge is 0.321 e. The lowest BCUT2D eigenvalue weighted by atomic mass is 9.82. The van der Waals surface area contributed by atoms with Crippen LogP contribution in [0.5, 0.6) is 0 Å².